The van der Waals surface area contributed by atoms with Crippen LogP contribution in [0.3, 0.4) is 0 Å². The number of hydrogen-bond acceptors (Lipinski definition) is 6. The third kappa shape index (κ3) is 3.74. The highest BCUT2D eigenvalue weighted by atomic mass is 35.5. The van der Waals surface area contributed by atoms with E-state index in [2.05, 4.69) is 9.97 Å². The Labute approximate surface area is 136 Å². The topological polar surface area (TPSA) is 98.2 Å². The van der Waals surface area contributed by atoms with Crippen molar-refractivity contribution < 1.29 is 22.3 Å². The van der Waals surface area contributed by atoms with Gasteiger partial charge in [-0.2, -0.15) is 0 Å². The highest BCUT2D eigenvalue weighted by Crippen LogP contribution is 2.35. The molecule has 1 amide bonds. The minimum atomic E-state index is -4.43. The molecule has 0 saturated carbocycles. The van der Waals surface area contributed by atoms with Crippen LogP contribution in [0.4, 0.5) is 4.39 Å². The molecule has 0 saturated heterocycles. The Morgan fingerprint density at radius 3 is 2.74 bits per heavy atom. The van der Waals surface area contributed by atoms with Crippen LogP contribution in [-0.4, -0.2) is 31.4 Å². The molecule has 1 aromatic carbocycles. The molecule has 10 heteroatoms. The Kier molecular flexibility index (Phi) is 5.12. The van der Waals surface area contributed by atoms with E-state index >= 15 is 0 Å². The van der Waals surface area contributed by atoms with Crippen LogP contribution in [0.25, 0.3) is 0 Å². The average molecular weight is 360 g/mol. The van der Waals surface area contributed by atoms with E-state index in [0.29, 0.717) is 0 Å². The van der Waals surface area contributed by atoms with Gasteiger partial charge in [-0.1, -0.05) is 17.7 Å². The van der Waals surface area contributed by atoms with Crippen molar-refractivity contribution in [1.29, 1.82) is 0 Å². The standard InChI is InChI=1S/C13H11ClFN3O4S/c1-22-10-4-2-3-8(15)11(10)12(14)23(20,21)18-13(19)9-5-6-16-7-17-9/h2-7,12H,1H3,(H,18,19). The molecular formula is C13H11ClFN3O4S. The molecule has 0 radical (unpaired) electrons. The number of rotatable bonds is 5. The van der Waals surface area contributed by atoms with Crippen LogP contribution in [0.5, 0.6) is 5.75 Å². The van der Waals surface area contributed by atoms with E-state index in [4.69, 9.17) is 16.3 Å². The van der Waals surface area contributed by atoms with E-state index in [0.717, 1.165) is 12.4 Å². The summed E-state index contributed by atoms with van der Waals surface area (Å²) in [4.78, 5) is 19.1. The summed E-state index contributed by atoms with van der Waals surface area (Å²) in [6.45, 7) is 0. The highest BCUT2D eigenvalue weighted by Gasteiger charge is 2.32. The van der Waals surface area contributed by atoms with Crippen molar-refractivity contribution in [3.8, 4) is 5.75 Å². The lowest BCUT2D eigenvalue weighted by atomic mass is 10.2. The number of carbonyl (C=O) groups is 1. The summed E-state index contributed by atoms with van der Waals surface area (Å²) in [7, 11) is -3.19. The monoisotopic (exact) mass is 359 g/mol. The minimum absolute atomic E-state index is 0.0511. The summed E-state index contributed by atoms with van der Waals surface area (Å²) >= 11 is 5.86. The minimum Gasteiger partial charge on any atom is -0.496 e. The third-order valence-electron chi connectivity index (χ3n) is 2.78. The van der Waals surface area contributed by atoms with Crippen LogP contribution in [0.2, 0.25) is 0 Å². The van der Waals surface area contributed by atoms with Crippen LogP contribution < -0.4 is 9.46 Å². The average Bonchev–Trinajstić information content (AvgIpc) is 2.54. The molecule has 0 bridgehead atoms. The second kappa shape index (κ2) is 6.88. The number of carbonyl (C=O) groups excluding carboxylic acids is 1. The number of hydrogen-bond donors (Lipinski definition) is 1. The summed E-state index contributed by atoms with van der Waals surface area (Å²) in [6, 6.07) is 4.95. The number of halogens is 2. The highest BCUT2D eigenvalue weighted by molar-refractivity contribution is 7.91. The lowest BCUT2D eigenvalue weighted by molar-refractivity contribution is 0.0976. The number of benzene rings is 1. The van der Waals surface area contributed by atoms with Gasteiger partial charge in [0.2, 0.25) is 0 Å². The predicted molar refractivity (Wildman–Crippen MR) is 80.0 cm³/mol. The summed E-state index contributed by atoms with van der Waals surface area (Å²) < 4.78 is 43.1. The molecule has 1 N–H and O–H groups in total. The van der Waals surface area contributed by atoms with Crippen molar-refractivity contribution in [1.82, 2.24) is 14.7 Å². The number of ether oxygens (including phenoxy) is 1. The van der Waals surface area contributed by atoms with E-state index in [-0.39, 0.29) is 17.0 Å². The zero-order valence-electron chi connectivity index (χ0n) is 11.7. The molecule has 0 fully saturated rings. The van der Waals surface area contributed by atoms with E-state index in [1.54, 1.807) is 4.72 Å². The van der Waals surface area contributed by atoms with Gasteiger partial charge in [0.1, 0.15) is 23.6 Å². The molecule has 1 unspecified atom stereocenters. The maximum Gasteiger partial charge on any atom is 0.283 e. The van der Waals surface area contributed by atoms with Crippen LogP contribution in [0, 0.1) is 5.82 Å². The number of nitrogens with one attached hydrogen (secondary N) is 1. The summed E-state index contributed by atoms with van der Waals surface area (Å²) in [5.74, 6) is -1.93. The second-order valence-electron chi connectivity index (χ2n) is 4.24. The molecule has 2 aromatic rings. The fourth-order valence-electron chi connectivity index (χ4n) is 1.73. The number of nitrogens with zero attached hydrogens (tertiary/aromatic N) is 2. The van der Waals surface area contributed by atoms with Crippen LogP contribution in [0.15, 0.2) is 36.8 Å². The molecule has 0 spiro atoms. The summed E-state index contributed by atoms with van der Waals surface area (Å²) in [5, 5.41) is 0. The van der Waals surface area contributed by atoms with Gasteiger partial charge in [0.05, 0.1) is 12.7 Å². The quantitative estimate of drug-likeness (QED) is 0.814. The van der Waals surface area contributed by atoms with Crippen LogP contribution in [0.1, 0.15) is 20.8 Å². The smallest absolute Gasteiger partial charge is 0.283 e. The van der Waals surface area contributed by atoms with Gasteiger partial charge in [-0.25, -0.2) is 27.5 Å². The predicted octanol–water partition coefficient (Wildman–Crippen LogP) is 1.62. The van der Waals surface area contributed by atoms with Crippen molar-refractivity contribution in [2.75, 3.05) is 7.11 Å². The first-order chi connectivity index (χ1) is 10.9. The van der Waals surface area contributed by atoms with Crippen molar-refractivity contribution in [2.24, 2.45) is 0 Å². The van der Waals surface area contributed by atoms with Crippen LogP contribution in [-0.2, 0) is 10.0 Å². The molecule has 1 heterocycles. The zero-order valence-corrected chi connectivity index (χ0v) is 13.3. The van der Waals surface area contributed by atoms with E-state index in [9.17, 15) is 17.6 Å². The normalized spacial score (nSPS) is 12.5. The lowest BCUT2D eigenvalue weighted by Crippen LogP contribution is -2.33. The Bertz CT molecular complexity index is 817. The van der Waals surface area contributed by atoms with E-state index in [1.807, 2.05) is 0 Å². The van der Waals surface area contributed by atoms with E-state index < -0.39 is 26.5 Å². The van der Waals surface area contributed by atoms with Crippen LogP contribution >= 0.6 is 11.6 Å². The van der Waals surface area contributed by atoms with Gasteiger partial charge in [-0.15, -0.1) is 0 Å². The van der Waals surface area contributed by atoms with Crippen molar-refractivity contribution >= 4 is 27.5 Å². The Morgan fingerprint density at radius 2 is 2.13 bits per heavy atom. The van der Waals surface area contributed by atoms with Gasteiger partial charge >= 0.3 is 0 Å². The first-order valence-electron chi connectivity index (χ1n) is 6.15. The van der Waals surface area contributed by atoms with Gasteiger partial charge in [0.25, 0.3) is 15.9 Å². The Balaban J connectivity index is 2.32. The Morgan fingerprint density at radius 1 is 1.39 bits per heavy atom. The van der Waals surface area contributed by atoms with Crippen molar-refractivity contribution in [3.63, 3.8) is 0 Å². The molecule has 1 aromatic heterocycles. The second-order valence-corrected chi connectivity index (χ2v) is 6.70. The maximum absolute atomic E-state index is 13.9. The number of alkyl halides is 1. The number of amides is 1. The molecule has 7 nitrogen and oxygen atoms in total. The van der Waals surface area contributed by atoms with Gasteiger partial charge in [-0.05, 0) is 18.2 Å². The first kappa shape index (κ1) is 17.1. The molecular weight excluding hydrogens is 349 g/mol. The first-order valence-corrected chi connectivity index (χ1v) is 8.13. The molecule has 122 valence electrons. The van der Waals surface area contributed by atoms with Gasteiger partial charge < -0.3 is 4.74 Å². The number of methoxy groups -OCH3 is 1. The molecule has 23 heavy (non-hydrogen) atoms. The molecule has 0 aliphatic heterocycles. The van der Waals surface area contributed by atoms with Gasteiger partial charge in [0, 0.05) is 6.20 Å². The van der Waals surface area contributed by atoms with E-state index in [1.165, 1.54) is 31.5 Å². The number of sulfonamides is 1. The largest absolute Gasteiger partial charge is 0.496 e. The molecule has 0 aliphatic carbocycles. The van der Waals surface area contributed by atoms with Gasteiger partial charge in [0.15, 0.2) is 4.71 Å². The molecule has 0 aliphatic rings. The SMILES string of the molecule is COc1cccc(F)c1C(Cl)S(=O)(=O)NC(=O)c1ccncn1. The summed E-state index contributed by atoms with van der Waals surface area (Å²) in [6.07, 6.45) is 2.35. The summed E-state index contributed by atoms with van der Waals surface area (Å²) in [5.41, 5.74) is -0.562. The van der Waals surface area contributed by atoms with Gasteiger partial charge in [-0.3, -0.25) is 4.79 Å². The zero-order chi connectivity index (χ0) is 17.0. The Hall–Kier alpha value is -2.26. The van der Waals surface area contributed by atoms with Crippen molar-refractivity contribution in [3.05, 3.63) is 53.9 Å². The lowest BCUT2D eigenvalue weighted by Gasteiger charge is -2.15. The fourth-order valence-corrected chi connectivity index (χ4v) is 3.08. The molecule has 2 rings (SSSR count). The molecule has 1 atom stereocenters. The third-order valence-corrected chi connectivity index (χ3v) is 4.95. The fraction of sp³-hybridized carbons (Fsp3) is 0.154. The van der Waals surface area contributed by atoms with Crippen molar-refractivity contribution in [2.45, 2.75) is 4.71 Å². The maximum atomic E-state index is 13.9. The number of aromatic nitrogens is 2.